The molecular weight excluding hydrogens is 504 g/mol. The molecule has 4 aromatic rings. The maximum atomic E-state index is 12.2. The molecule has 0 atom stereocenters. The number of hydrogen-bond acceptors (Lipinski definition) is 8. The van der Waals surface area contributed by atoms with Crippen molar-refractivity contribution >= 4 is 32.9 Å². The van der Waals surface area contributed by atoms with Gasteiger partial charge in [-0.15, -0.1) is 5.10 Å². The van der Waals surface area contributed by atoms with Crippen LogP contribution in [0.5, 0.6) is 5.75 Å². The number of piperidine rings is 1. The zero-order valence-electron chi connectivity index (χ0n) is 21.7. The van der Waals surface area contributed by atoms with E-state index in [1.807, 2.05) is 48.5 Å². The second kappa shape index (κ2) is 10.6. The van der Waals surface area contributed by atoms with Crippen molar-refractivity contribution in [1.29, 1.82) is 0 Å². The number of aliphatic hydroxyl groups is 1. The summed E-state index contributed by atoms with van der Waals surface area (Å²) in [4.78, 5) is 6.80. The average Bonchev–Trinajstić information content (AvgIpc) is 3.33. The summed E-state index contributed by atoms with van der Waals surface area (Å²) in [6.45, 7) is 2.54. The number of para-hydroxylation sites is 1. The number of hydrogen-bond donors (Lipinski definition) is 2. The fourth-order valence-electron chi connectivity index (χ4n) is 4.70. The van der Waals surface area contributed by atoms with Crippen LogP contribution in [-0.2, 0) is 16.6 Å². The molecule has 2 aromatic heterocycles. The molecule has 1 fully saturated rings. The molecule has 3 heterocycles. The van der Waals surface area contributed by atoms with E-state index in [1.54, 1.807) is 23.9 Å². The molecular formula is C27H32N6O4S. The standard InChI is InChI=1S/C27H32N6O4S/c1-31(38(3,35)36)24-7-5-4-6-22(24)25-11-9-20-17-28-27(30-33(20)25)29-23-10-8-19(16-26(23)37-2)18-32-14-12-21(34)13-15-32/h4-11,16-17,21,34H,12-15,18H2,1-3H3,(H,29,30). The summed E-state index contributed by atoms with van der Waals surface area (Å²) in [7, 11) is -0.276. The lowest BCUT2D eigenvalue weighted by Crippen LogP contribution is -2.35. The van der Waals surface area contributed by atoms with Crippen molar-refractivity contribution in [3.8, 4) is 17.0 Å². The number of benzene rings is 2. The summed E-state index contributed by atoms with van der Waals surface area (Å²) in [5, 5.41) is 17.7. The summed E-state index contributed by atoms with van der Waals surface area (Å²) in [5.41, 5.74) is 4.66. The van der Waals surface area contributed by atoms with Crippen LogP contribution in [0.4, 0.5) is 17.3 Å². The van der Waals surface area contributed by atoms with Gasteiger partial charge in [0.1, 0.15) is 5.75 Å². The van der Waals surface area contributed by atoms with Gasteiger partial charge in [-0.25, -0.2) is 17.9 Å². The molecule has 10 nitrogen and oxygen atoms in total. The zero-order chi connectivity index (χ0) is 26.9. The molecule has 2 N–H and O–H groups in total. The second-order valence-electron chi connectivity index (χ2n) is 9.55. The molecule has 38 heavy (non-hydrogen) atoms. The molecule has 1 saturated heterocycles. The number of aliphatic hydroxyl groups excluding tert-OH is 1. The van der Waals surface area contributed by atoms with Crippen LogP contribution in [0.15, 0.2) is 60.8 Å². The van der Waals surface area contributed by atoms with E-state index in [-0.39, 0.29) is 6.10 Å². The third-order valence-corrected chi connectivity index (χ3v) is 8.08. The number of rotatable bonds is 8. The van der Waals surface area contributed by atoms with Crippen LogP contribution in [0.1, 0.15) is 18.4 Å². The van der Waals surface area contributed by atoms with Crippen molar-refractivity contribution in [2.75, 3.05) is 43.1 Å². The van der Waals surface area contributed by atoms with Gasteiger partial charge >= 0.3 is 0 Å². The molecule has 1 aliphatic rings. The minimum Gasteiger partial charge on any atom is -0.495 e. The molecule has 0 spiro atoms. The first-order valence-electron chi connectivity index (χ1n) is 12.5. The number of ether oxygens (including phenoxy) is 1. The predicted octanol–water partition coefficient (Wildman–Crippen LogP) is 3.50. The molecule has 0 aliphatic carbocycles. The van der Waals surface area contributed by atoms with E-state index in [0.29, 0.717) is 17.4 Å². The Morgan fingerprint density at radius 3 is 2.63 bits per heavy atom. The largest absolute Gasteiger partial charge is 0.495 e. The van der Waals surface area contributed by atoms with Gasteiger partial charge in [-0.3, -0.25) is 9.21 Å². The van der Waals surface area contributed by atoms with Gasteiger partial charge < -0.3 is 15.2 Å². The van der Waals surface area contributed by atoms with Crippen LogP contribution in [0.2, 0.25) is 0 Å². The summed E-state index contributed by atoms with van der Waals surface area (Å²) in [6, 6.07) is 17.1. The topological polar surface area (TPSA) is 112 Å². The third kappa shape index (κ3) is 5.45. The number of likely N-dealkylation sites (tertiary alicyclic amines) is 1. The van der Waals surface area contributed by atoms with Gasteiger partial charge in [-0.2, -0.15) is 0 Å². The van der Waals surface area contributed by atoms with Gasteiger partial charge in [-0.05, 0) is 48.7 Å². The molecule has 5 rings (SSSR count). The van der Waals surface area contributed by atoms with E-state index in [1.165, 1.54) is 17.6 Å². The van der Waals surface area contributed by atoms with E-state index in [4.69, 9.17) is 9.84 Å². The number of anilines is 3. The minimum absolute atomic E-state index is 0.195. The quantitative estimate of drug-likeness (QED) is 0.352. The normalized spacial score (nSPS) is 15.1. The Morgan fingerprint density at radius 1 is 1.13 bits per heavy atom. The number of methoxy groups -OCH3 is 1. The number of sulfonamides is 1. The van der Waals surface area contributed by atoms with Gasteiger partial charge in [0.15, 0.2) is 0 Å². The van der Waals surface area contributed by atoms with Crippen LogP contribution < -0.4 is 14.4 Å². The smallest absolute Gasteiger partial charge is 0.245 e. The van der Waals surface area contributed by atoms with Crippen LogP contribution in [-0.4, -0.2) is 72.6 Å². The van der Waals surface area contributed by atoms with Crippen molar-refractivity contribution < 1.29 is 18.3 Å². The highest BCUT2D eigenvalue weighted by Gasteiger charge is 2.20. The minimum atomic E-state index is -3.44. The van der Waals surface area contributed by atoms with Gasteiger partial charge in [-0.1, -0.05) is 24.3 Å². The van der Waals surface area contributed by atoms with Crippen LogP contribution >= 0.6 is 0 Å². The highest BCUT2D eigenvalue weighted by Crippen LogP contribution is 2.33. The average molecular weight is 537 g/mol. The highest BCUT2D eigenvalue weighted by molar-refractivity contribution is 7.92. The van der Waals surface area contributed by atoms with Crippen molar-refractivity contribution in [3.05, 3.63) is 66.4 Å². The number of nitrogens with one attached hydrogen (secondary N) is 1. The molecule has 1 aliphatic heterocycles. The van der Waals surface area contributed by atoms with Crippen LogP contribution in [0.25, 0.3) is 16.8 Å². The summed E-state index contributed by atoms with van der Waals surface area (Å²) in [5.74, 6) is 1.05. The first-order chi connectivity index (χ1) is 18.2. The summed E-state index contributed by atoms with van der Waals surface area (Å²) < 4.78 is 33.2. The lowest BCUT2D eigenvalue weighted by molar-refractivity contribution is 0.0792. The summed E-state index contributed by atoms with van der Waals surface area (Å²) in [6.07, 6.45) is 4.30. The lowest BCUT2D eigenvalue weighted by Gasteiger charge is -2.29. The van der Waals surface area contributed by atoms with Crippen LogP contribution in [0.3, 0.4) is 0 Å². The van der Waals surface area contributed by atoms with Gasteiger partial charge in [0.2, 0.25) is 16.0 Å². The molecule has 0 bridgehead atoms. The second-order valence-corrected chi connectivity index (χ2v) is 11.6. The lowest BCUT2D eigenvalue weighted by atomic mass is 10.1. The van der Waals surface area contributed by atoms with Gasteiger partial charge in [0, 0.05) is 32.2 Å². The molecule has 0 unspecified atom stereocenters. The Kier molecular flexibility index (Phi) is 7.24. The van der Waals surface area contributed by atoms with Crippen molar-refractivity contribution in [2.24, 2.45) is 0 Å². The molecule has 200 valence electrons. The Morgan fingerprint density at radius 2 is 1.89 bits per heavy atom. The first kappa shape index (κ1) is 26.0. The highest BCUT2D eigenvalue weighted by atomic mass is 32.2. The maximum Gasteiger partial charge on any atom is 0.245 e. The van der Waals surface area contributed by atoms with E-state index in [2.05, 4.69) is 15.2 Å². The van der Waals surface area contributed by atoms with Crippen molar-refractivity contribution in [1.82, 2.24) is 19.5 Å². The zero-order valence-corrected chi connectivity index (χ0v) is 22.5. The molecule has 2 aromatic carbocycles. The third-order valence-electron chi connectivity index (χ3n) is 6.89. The molecule has 0 radical (unpaired) electrons. The Balaban J connectivity index is 1.42. The monoisotopic (exact) mass is 536 g/mol. The van der Waals surface area contributed by atoms with Gasteiger partial charge in [0.25, 0.3) is 0 Å². The SMILES string of the molecule is COc1cc(CN2CCC(O)CC2)ccc1Nc1ncc2ccc(-c3ccccc3N(C)S(C)(=O)=O)n2n1. The number of fused-ring (bicyclic) bond motifs is 1. The molecule has 0 saturated carbocycles. The molecule has 0 amide bonds. The van der Waals surface area contributed by atoms with E-state index in [0.717, 1.165) is 60.5 Å². The van der Waals surface area contributed by atoms with E-state index < -0.39 is 10.0 Å². The van der Waals surface area contributed by atoms with Crippen molar-refractivity contribution in [2.45, 2.75) is 25.5 Å². The summed E-state index contributed by atoms with van der Waals surface area (Å²) >= 11 is 0. The Bertz CT molecular complexity index is 1550. The Hall–Kier alpha value is -3.67. The van der Waals surface area contributed by atoms with E-state index >= 15 is 0 Å². The number of aromatic nitrogens is 3. The van der Waals surface area contributed by atoms with Gasteiger partial charge in [0.05, 0.1) is 48.3 Å². The number of nitrogens with zero attached hydrogens (tertiary/aromatic N) is 5. The Labute approximate surface area is 222 Å². The maximum absolute atomic E-state index is 12.2. The molecule has 11 heteroatoms. The fourth-order valence-corrected chi connectivity index (χ4v) is 5.22. The fraction of sp³-hybridized carbons (Fsp3) is 0.333. The van der Waals surface area contributed by atoms with E-state index in [9.17, 15) is 13.5 Å². The predicted molar refractivity (Wildman–Crippen MR) is 148 cm³/mol. The first-order valence-corrected chi connectivity index (χ1v) is 14.3. The van der Waals surface area contributed by atoms with Crippen molar-refractivity contribution in [3.63, 3.8) is 0 Å². The van der Waals surface area contributed by atoms with Crippen LogP contribution in [0, 0.1) is 0 Å².